The number of nitrogens with zero attached hydrogens (tertiary/aromatic N) is 2. The van der Waals surface area contributed by atoms with Crippen LogP contribution in [0.2, 0.25) is 0 Å². The number of benzene rings is 2. The third kappa shape index (κ3) is 3.02. The summed E-state index contributed by atoms with van der Waals surface area (Å²) >= 11 is 3.11. The molecule has 0 bridgehead atoms. The molecule has 4 aromatic rings. The number of hydrogen-bond acceptors (Lipinski definition) is 5. The van der Waals surface area contributed by atoms with Gasteiger partial charge in [0.2, 0.25) is 0 Å². The van der Waals surface area contributed by atoms with Crippen LogP contribution in [0.4, 0.5) is 0 Å². The van der Waals surface area contributed by atoms with Gasteiger partial charge in [0.05, 0.1) is 16.3 Å². The largest absolute Gasteiger partial charge is 0.508 e. The molecule has 6 rings (SSSR count). The minimum atomic E-state index is -0.110. The summed E-state index contributed by atoms with van der Waals surface area (Å²) in [5.74, 6) is 0.211. The quantitative estimate of drug-likeness (QED) is 0.509. The number of thiazole rings is 1. The van der Waals surface area contributed by atoms with Gasteiger partial charge in [0.15, 0.2) is 4.80 Å². The summed E-state index contributed by atoms with van der Waals surface area (Å²) in [6.45, 7) is 0. The SMILES string of the molecule is O=c1/c(=C\c2ccc(O)cc2)sc2n1[C@@H](c1cccs1)C1=C(N=2)c2ccccc2CC1. The maximum Gasteiger partial charge on any atom is 0.271 e. The molecule has 152 valence electrons. The zero-order chi connectivity index (χ0) is 20.9. The van der Waals surface area contributed by atoms with Gasteiger partial charge >= 0.3 is 0 Å². The molecule has 2 aromatic carbocycles. The van der Waals surface area contributed by atoms with Gasteiger partial charge in [-0.1, -0.05) is 53.8 Å². The van der Waals surface area contributed by atoms with Crippen molar-refractivity contribution in [3.05, 3.63) is 113 Å². The molecule has 0 unspecified atom stereocenters. The lowest BCUT2D eigenvalue weighted by molar-refractivity contribution is 0.475. The number of fused-ring (bicyclic) bond motifs is 3. The summed E-state index contributed by atoms with van der Waals surface area (Å²) in [4.78, 5) is 20.4. The second-order valence-electron chi connectivity index (χ2n) is 7.72. The minimum absolute atomic E-state index is 0.0133. The van der Waals surface area contributed by atoms with Crippen LogP contribution in [-0.4, -0.2) is 9.67 Å². The van der Waals surface area contributed by atoms with Crippen LogP contribution in [0.15, 0.2) is 81.4 Å². The first-order valence-corrected chi connectivity index (χ1v) is 11.8. The Balaban J connectivity index is 1.62. The monoisotopic (exact) mass is 442 g/mol. The van der Waals surface area contributed by atoms with Crippen molar-refractivity contribution in [1.82, 2.24) is 4.57 Å². The van der Waals surface area contributed by atoms with E-state index in [4.69, 9.17) is 4.99 Å². The second-order valence-corrected chi connectivity index (χ2v) is 9.71. The molecule has 0 saturated carbocycles. The molecular formula is C25H18N2O2S2. The first-order valence-electron chi connectivity index (χ1n) is 10.1. The van der Waals surface area contributed by atoms with Crippen molar-refractivity contribution in [2.24, 2.45) is 4.99 Å². The van der Waals surface area contributed by atoms with E-state index >= 15 is 0 Å². The van der Waals surface area contributed by atoms with Crippen molar-refractivity contribution in [1.29, 1.82) is 0 Å². The summed E-state index contributed by atoms with van der Waals surface area (Å²) < 4.78 is 2.52. The molecule has 0 spiro atoms. The summed E-state index contributed by atoms with van der Waals surface area (Å²) in [6, 6.07) is 19.4. The smallest absolute Gasteiger partial charge is 0.271 e. The van der Waals surface area contributed by atoms with E-state index in [0.29, 0.717) is 4.53 Å². The number of phenols is 1. The standard InChI is InChI=1S/C25H18N2O2S2/c28-17-10-7-15(8-11-17)14-21-24(29)27-23(20-6-3-13-30-20)19-12-9-16-4-1-2-5-18(16)22(19)26-25(27)31-21/h1-8,10-11,13-14,23,28H,9,12H2/b21-14+/t23-/m1/s1. The summed E-state index contributed by atoms with van der Waals surface area (Å²) in [7, 11) is 0. The zero-order valence-electron chi connectivity index (χ0n) is 16.5. The molecule has 1 atom stereocenters. The van der Waals surface area contributed by atoms with Gasteiger partial charge in [-0.25, -0.2) is 4.99 Å². The first kappa shape index (κ1) is 18.5. The number of allylic oxidation sites excluding steroid dienone is 1. The highest BCUT2D eigenvalue weighted by molar-refractivity contribution is 7.10. The van der Waals surface area contributed by atoms with Gasteiger partial charge in [0, 0.05) is 10.4 Å². The van der Waals surface area contributed by atoms with Crippen molar-refractivity contribution in [2.45, 2.75) is 18.9 Å². The van der Waals surface area contributed by atoms with Gasteiger partial charge in [-0.2, -0.15) is 0 Å². The molecule has 0 saturated heterocycles. The van der Waals surface area contributed by atoms with Gasteiger partial charge in [-0.3, -0.25) is 9.36 Å². The molecule has 0 amide bonds. The molecule has 1 N–H and O–H groups in total. The number of rotatable bonds is 2. The van der Waals surface area contributed by atoms with Gasteiger partial charge < -0.3 is 5.11 Å². The minimum Gasteiger partial charge on any atom is -0.508 e. The fourth-order valence-corrected chi connectivity index (χ4v) is 6.29. The predicted molar refractivity (Wildman–Crippen MR) is 125 cm³/mol. The first-order chi connectivity index (χ1) is 15.2. The highest BCUT2D eigenvalue weighted by Crippen LogP contribution is 2.42. The van der Waals surface area contributed by atoms with E-state index in [2.05, 4.69) is 35.7 Å². The molecule has 0 fully saturated rings. The second kappa shape index (κ2) is 7.18. The van der Waals surface area contributed by atoms with Crippen LogP contribution in [0.3, 0.4) is 0 Å². The van der Waals surface area contributed by atoms with Crippen LogP contribution < -0.4 is 14.9 Å². The molecule has 1 aliphatic carbocycles. The molecule has 6 heteroatoms. The van der Waals surface area contributed by atoms with Gasteiger partial charge in [-0.05, 0) is 59.2 Å². The Kier molecular flexibility index (Phi) is 4.30. The Morgan fingerprint density at radius 2 is 1.87 bits per heavy atom. The van der Waals surface area contributed by atoms with E-state index in [1.54, 1.807) is 23.5 Å². The summed E-state index contributed by atoms with van der Waals surface area (Å²) in [5, 5.41) is 11.6. The molecule has 2 aliphatic rings. The number of hydrogen-bond donors (Lipinski definition) is 1. The Morgan fingerprint density at radius 1 is 1.03 bits per heavy atom. The molecule has 3 heterocycles. The third-order valence-corrected chi connectivity index (χ3v) is 7.78. The maximum absolute atomic E-state index is 13.5. The Labute approximate surface area is 186 Å². The van der Waals surface area contributed by atoms with E-state index < -0.39 is 0 Å². The normalized spacial score (nSPS) is 17.7. The van der Waals surface area contributed by atoms with Crippen molar-refractivity contribution < 1.29 is 5.11 Å². The molecule has 0 radical (unpaired) electrons. The van der Waals surface area contributed by atoms with E-state index in [1.165, 1.54) is 32.9 Å². The van der Waals surface area contributed by atoms with Gasteiger partial charge in [-0.15, -0.1) is 11.3 Å². The van der Waals surface area contributed by atoms with Gasteiger partial charge in [0.1, 0.15) is 5.75 Å². The average Bonchev–Trinajstić information content (AvgIpc) is 3.43. The zero-order valence-corrected chi connectivity index (χ0v) is 18.1. The molecule has 2 aromatic heterocycles. The van der Waals surface area contributed by atoms with Crippen LogP contribution in [0, 0.1) is 0 Å². The number of aromatic nitrogens is 1. The highest BCUT2D eigenvalue weighted by atomic mass is 32.1. The molecule has 4 nitrogen and oxygen atoms in total. The lowest BCUT2D eigenvalue weighted by atomic mass is 9.85. The van der Waals surface area contributed by atoms with E-state index in [1.807, 2.05) is 28.8 Å². The highest BCUT2D eigenvalue weighted by Gasteiger charge is 2.32. The van der Waals surface area contributed by atoms with E-state index in [-0.39, 0.29) is 17.4 Å². The lowest BCUT2D eigenvalue weighted by Gasteiger charge is -2.30. The third-order valence-electron chi connectivity index (χ3n) is 5.88. The lowest BCUT2D eigenvalue weighted by Crippen LogP contribution is -2.38. The van der Waals surface area contributed by atoms with Crippen molar-refractivity contribution in [3.63, 3.8) is 0 Å². The maximum atomic E-state index is 13.5. The number of phenolic OH excluding ortho intramolecular Hbond substituents is 1. The summed E-state index contributed by atoms with van der Waals surface area (Å²) in [6.07, 6.45) is 3.75. The van der Waals surface area contributed by atoms with E-state index in [9.17, 15) is 9.90 Å². The Bertz CT molecular complexity index is 1510. The molecule has 1 aliphatic heterocycles. The fraction of sp³-hybridized carbons (Fsp3) is 0.120. The van der Waals surface area contributed by atoms with Crippen LogP contribution in [0.25, 0.3) is 11.8 Å². The molecular weight excluding hydrogens is 424 g/mol. The van der Waals surface area contributed by atoms with Crippen molar-refractivity contribution >= 4 is 34.4 Å². The van der Waals surface area contributed by atoms with Crippen LogP contribution >= 0.6 is 22.7 Å². The molecule has 31 heavy (non-hydrogen) atoms. The predicted octanol–water partition coefficient (Wildman–Crippen LogP) is 4.09. The van der Waals surface area contributed by atoms with Crippen LogP contribution in [-0.2, 0) is 6.42 Å². The van der Waals surface area contributed by atoms with Gasteiger partial charge in [0.25, 0.3) is 5.56 Å². The average molecular weight is 443 g/mol. The number of aromatic hydroxyl groups is 1. The van der Waals surface area contributed by atoms with Crippen molar-refractivity contribution in [3.8, 4) is 5.75 Å². The van der Waals surface area contributed by atoms with Crippen molar-refractivity contribution in [2.75, 3.05) is 0 Å². The fourth-order valence-electron chi connectivity index (χ4n) is 4.44. The number of thiophene rings is 1. The van der Waals surface area contributed by atoms with Crippen LogP contribution in [0.1, 0.15) is 34.0 Å². The topological polar surface area (TPSA) is 54.6 Å². The Hall–Kier alpha value is -3.22. The summed E-state index contributed by atoms with van der Waals surface area (Å²) in [5.41, 5.74) is 5.62. The van der Waals surface area contributed by atoms with E-state index in [0.717, 1.165) is 28.9 Å². The van der Waals surface area contributed by atoms with Crippen LogP contribution in [0.5, 0.6) is 5.75 Å². The number of aryl methyl sites for hydroxylation is 1. The Morgan fingerprint density at radius 3 is 2.68 bits per heavy atom.